The fourth-order valence-corrected chi connectivity index (χ4v) is 4.00. The third-order valence-corrected chi connectivity index (χ3v) is 4.98. The van der Waals surface area contributed by atoms with Crippen LogP contribution < -0.4 is 0 Å². The summed E-state index contributed by atoms with van der Waals surface area (Å²) in [5, 5.41) is 0. The van der Waals surface area contributed by atoms with E-state index in [0.717, 1.165) is 34.8 Å². The molecule has 0 amide bonds. The van der Waals surface area contributed by atoms with Gasteiger partial charge in [-0.1, -0.05) is 0 Å². The number of hydrogen-bond donors (Lipinski definition) is 0. The van der Waals surface area contributed by atoms with Crippen molar-refractivity contribution in [2.24, 2.45) is 0 Å². The number of aromatic nitrogens is 3. The van der Waals surface area contributed by atoms with E-state index in [0.29, 0.717) is 5.92 Å². The van der Waals surface area contributed by atoms with E-state index in [2.05, 4.69) is 9.55 Å². The van der Waals surface area contributed by atoms with Crippen molar-refractivity contribution in [3.05, 3.63) is 54.2 Å². The van der Waals surface area contributed by atoms with Crippen molar-refractivity contribution in [1.29, 1.82) is 0 Å². The largest absolute Gasteiger partial charge is 0.280 e. The van der Waals surface area contributed by atoms with Gasteiger partial charge in [0.2, 0.25) is 0 Å². The SMILES string of the molecule is Fc1ccc(-n2c(C3CCSC3)nc3cccnc32)cc1. The Morgan fingerprint density at radius 2 is 2.05 bits per heavy atom. The van der Waals surface area contributed by atoms with Crippen LogP contribution in [-0.2, 0) is 0 Å². The number of nitrogens with zero attached hydrogens (tertiary/aromatic N) is 3. The fraction of sp³-hybridized carbons (Fsp3) is 0.250. The maximum absolute atomic E-state index is 13.2. The van der Waals surface area contributed by atoms with E-state index in [-0.39, 0.29) is 5.82 Å². The lowest BCUT2D eigenvalue weighted by Crippen LogP contribution is -2.07. The Balaban J connectivity index is 1.95. The monoisotopic (exact) mass is 299 g/mol. The van der Waals surface area contributed by atoms with Gasteiger partial charge in [-0.15, -0.1) is 0 Å². The zero-order valence-corrected chi connectivity index (χ0v) is 12.2. The molecule has 1 fully saturated rings. The minimum absolute atomic E-state index is 0.228. The third kappa shape index (κ3) is 2.21. The molecule has 21 heavy (non-hydrogen) atoms. The van der Waals surface area contributed by atoms with Crippen LogP contribution in [0.25, 0.3) is 16.9 Å². The van der Waals surface area contributed by atoms with Gasteiger partial charge in [-0.2, -0.15) is 11.8 Å². The summed E-state index contributed by atoms with van der Waals surface area (Å²) in [6.07, 6.45) is 2.91. The van der Waals surface area contributed by atoms with Crippen LogP contribution in [-0.4, -0.2) is 26.0 Å². The van der Waals surface area contributed by atoms with Gasteiger partial charge in [0.1, 0.15) is 17.2 Å². The zero-order valence-electron chi connectivity index (χ0n) is 11.4. The number of hydrogen-bond acceptors (Lipinski definition) is 3. The Morgan fingerprint density at radius 3 is 2.81 bits per heavy atom. The van der Waals surface area contributed by atoms with Crippen LogP contribution in [0.1, 0.15) is 18.2 Å². The van der Waals surface area contributed by atoms with Crippen molar-refractivity contribution >= 4 is 22.9 Å². The molecule has 1 aromatic carbocycles. The molecule has 0 spiro atoms. The Hall–Kier alpha value is -1.88. The van der Waals surface area contributed by atoms with E-state index in [1.807, 2.05) is 23.9 Å². The Kier molecular flexibility index (Phi) is 3.15. The summed E-state index contributed by atoms with van der Waals surface area (Å²) in [4.78, 5) is 9.26. The van der Waals surface area contributed by atoms with E-state index in [9.17, 15) is 4.39 Å². The molecule has 1 atom stereocenters. The summed E-state index contributed by atoms with van der Waals surface area (Å²) in [5.41, 5.74) is 2.66. The highest BCUT2D eigenvalue weighted by Crippen LogP contribution is 2.34. The van der Waals surface area contributed by atoms with Crippen LogP contribution in [0.3, 0.4) is 0 Å². The van der Waals surface area contributed by atoms with Gasteiger partial charge < -0.3 is 0 Å². The molecule has 1 unspecified atom stereocenters. The highest BCUT2D eigenvalue weighted by molar-refractivity contribution is 7.99. The van der Waals surface area contributed by atoms with Crippen molar-refractivity contribution < 1.29 is 4.39 Å². The van der Waals surface area contributed by atoms with Crippen molar-refractivity contribution in [3.63, 3.8) is 0 Å². The highest BCUT2D eigenvalue weighted by atomic mass is 32.2. The molecule has 0 bridgehead atoms. The fourth-order valence-electron chi connectivity index (χ4n) is 2.79. The quantitative estimate of drug-likeness (QED) is 0.721. The molecule has 2 aromatic heterocycles. The second kappa shape index (κ2) is 5.15. The molecule has 106 valence electrons. The van der Waals surface area contributed by atoms with E-state index in [1.54, 1.807) is 18.3 Å². The van der Waals surface area contributed by atoms with Crippen LogP contribution >= 0.6 is 11.8 Å². The summed E-state index contributed by atoms with van der Waals surface area (Å²) < 4.78 is 15.3. The molecule has 1 aliphatic heterocycles. The first-order chi connectivity index (χ1) is 10.3. The average molecular weight is 299 g/mol. The number of benzene rings is 1. The van der Waals surface area contributed by atoms with Crippen LogP contribution in [0.5, 0.6) is 0 Å². The lowest BCUT2D eigenvalue weighted by molar-refractivity contribution is 0.627. The standard InChI is InChI=1S/C16H14FN3S/c17-12-3-5-13(6-4-12)20-15(11-7-9-21-10-11)19-14-2-1-8-18-16(14)20/h1-6,8,11H,7,9-10H2. The molecule has 0 N–H and O–H groups in total. The summed E-state index contributed by atoms with van der Waals surface area (Å²) in [7, 11) is 0. The van der Waals surface area contributed by atoms with Crippen LogP contribution in [0.15, 0.2) is 42.6 Å². The smallest absolute Gasteiger partial charge is 0.164 e. The van der Waals surface area contributed by atoms with E-state index >= 15 is 0 Å². The van der Waals surface area contributed by atoms with Gasteiger partial charge in [0.15, 0.2) is 5.65 Å². The number of rotatable bonds is 2. The highest BCUT2D eigenvalue weighted by Gasteiger charge is 2.25. The minimum Gasteiger partial charge on any atom is -0.280 e. The minimum atomic E-state index is -0.228. The summed E-state index contributed by atoms with van der Waals surface area (Å²) in [5.74, 6) is 3.51. The van der Waals surface area contributed by atoms with Crippen molar-refractivity contribution in [2.45, 2.75) is 12.3 Å². The molecule has 5 heteroatoms. The van der Waals surface area contributed by atoms with Gasteiger partial charge >= 0.3 is 0 Å². The van der Waals surface area contributed by atoms with Crippen LogP contribution in [0, 0.1) is 5.82 Å². The van der Waals surface area contributed by atoms with E-state index < -0.39 is 0 Å². The van der Waals surface area contributed by atoms with Gasteiger partial charge in [-0.3, -0.25) is 4.57 Å². The predicted molar refractivity (Wildman–Crippen MR) is 83.5 cm³/mol. The number of thioether (sulfide) groups is 1. The number of halogens is 1. The van der Waals surface area contributed by atoms with Gasteiger partial charge in [0, 0.05) is 23.6 Å². The number of fused-ring (bicyclic) bond motifs is 1. The van der Waals surface area contributed by atoms with Crippen LogP contribution in [0.2, 0.25) is 0 Å². The maximum atomic E-state index is 13.2. The van der Waals surface area contributed by atoms with Gasteiger partial charge in [0.05, 0.1) is 0 Å². The third-order valence-electron chi connectivity index (χ3n) is 3.82. The summed E-state index contributed by atoms with van der Waals surface area (Å²) in [6.45, 7) is 0. The molecule has 3 heterocycles. The molecule has 0 aliphatic carbocycles. The molecule has 4 rings (SSSR count). The topological polar surface area (TPSA) is 30.7 Å². The molecular weight excluding hydrogens is 285 g/mol. The lowest BCUT2D eigenvalue weighted by Gasteiger charge is -2.12. The Morgan fingerprint density at radius 1 is 1.19 bits per heavy atom. The Bertz CT molecular complexity index is 776. The molecule has 3 aromatic rings. The van der Waals surface area contributed by atoms with Gasteiger partial charge in [0.25, 0.3) is 0 Å². The average Bonchev–Trinajstić information content (AvgIpc) is 3.15. The predicted octanol–water partition coefficient (Wildman–Crippen LogP) is 3.78. The van der Waals surface area contributed by atoms with Crippen LogP contribution in [0.4, 0.5) is 4.39 Å². The first-order valence-electron chi connectivity index (χ1n) is 7.00. The summed E-state index contributed by atoms with van der Waals surface area (Å²) >= 11 is 1.96. The number of imidazole rings is 1. The van der Waals surface area contributed by atoms with E-state index in [1.165, 1.54) is 17.9 Å². The van der Waals surface area contributed by atoms with Gasteiger partial charge in [-0.05, 0) is 48.6 Å². The maximum Gasteiger partial charge on any atom is 0.164 e. The van der Waals surface area contributed by atoms with Crippen molar-refractivity contribution in [1.82, 2.24) is 14.5 Å². The molecule has 1 saturated heterocycles. The first-order valence-corrected chi connectivity index (χ1v) is 8.15. The normalized spacial score (nSPS) is 18.4. The van der Waals surface area contributed by atoms with Gasteiger partial charge in [-0.25, -0.2) is 14.4 Å². The molecule has 0 radical (unpaired) electrons. The number of pyridine rings is 1. The first kappa shape index (κ1) is 12.8. The zero-order chi connectivity index (χ0) is 14.2. The van der Waals surface area contributed by atoms with Crippen molar-refractivity contribution in [3.8, 4) is 5.69 Å². The van der Waals surface area contributed by atoms with Crippen molar-refractivity contribution in [2.75, 3.05) is 11.5 Å². The van der Waals surface area contributed by atoms with E-state index in [4.69, 9.17) is 4.98 Å². The molecule has 0 saturated carbocycles. The molecule has 1 aliphatic rings. The second-order valence-corrected chi connectivity index (χ2v) is 6.34. The summed E-state index contributed by atoms with van der Waals surface area (Å²) in [6, 6.07) is 10.4. The second-order valence-electron chi connectivity index (χ2n) is 5.19. The Labute approximate surface area is 126 Å². The molecule has 3 nitrogen and oxygen atoms in total. The lowest BCUT2D eigenvalue weighted by atomic mass is 10.1. The molecular formula is C16H14FN3S.